The largest absolute Gasteiger partial charge is 0.490 e. The summed E-state index contributed by atoms with van der Waals surface area (Å²) in [6, 6.07) is 26.9. The van der Waals surface area contributed by atoms with Crippen LogP contribution in [0.4, 0.5) is 24.5 Å². The van der Waals surface area contributed by atoms with E-state index < -0.39 is 46.1 Å². The number of sulfonamides is 1. The fourth-order valence-electron chi connectivity index (χ4n) is 6.96. The zero-order chi connectivity index (χ0) is 47.9. The van der Waals surface area contributed by atoms with E-state index in [0.717, 1.165) is 31.7 Å². The van der Waals surface area contributed by atoms with Crippen molar-refractivity contribution in [3.8, 4) is 0 Å². The first-order chi connectivity index (χ1) is 31.3. The second-order valence-electron chi connectivity index (χ2n) is 15.7. The molecule has 0 aliphatic carbocycles. The molecular formula is C45H52F3N9O8S. The Bertz CT molecular complexity index is 2420. The van der Waals surface area contributed by atoms with Crippen molar-refractivity contribution >= 4 is 56.8 Å². The minimum absolute atomic E-state index is 0.0503. The van der Waals surface area contributed by atoms with Crippen LogP contribution in [-0.2, 0) is 59.1 Å². The summed E-state index contributed by atoms with van der Waals surface area (Å²) >= 11 is 0. The van der Waals surface area contributed by atoms with E-state index >= 15 is 0 Å². The Kier molecular flexibility index (Phi) is 17.9. The predicted molar refractivity (Wildman–Crippen MR) is 241 cm³/mol. The van der Waals surface area contributed by atoms with Gasteiger partial charge >= 0.3 is 12.1 Å². The quantitative estimate of drug-likeness (QED) is 0.0942. The van der Waals surface area contributed by atoms with Crippen molar-refractivity contribution in [2.75, 3.05) is 49.9 Å². The highest BCUT2D eigenvalue weighted by molar-refractivity contribution is 7.88. The molecule has 6 bridgehead atoms. The van der Waals surface area contributed by atoms with Crippen LogP contribution in [0.5, 0.6) is 0 Å². The van der Waals surface area contributed by atoms with Crippen LogP contribution in [0.3, 0.4) is 0 Å². The maximum atomic E-state index is 14.2. The van der Waals surface area contributed by atoms with Crippen LogP contribution < -0.4 is 31.7 Å². The van der Waals surface area contributed by atoms with E-state index in [2.05, 4.69) is 35.8 Å². The van der Waals surface area contributed by atoms with Crippen LogP contribution in [0.2, 0.25) is 0 Å². The summed E-state index contributed by atoms with van der Waals surface area (Å²) in [5.41, 5.74) is 9.85. The van der Waals surface area contributed by atoms with Crippen LogP contribution >= 0.6 is 0 Å². The molecule has 21 heteroatoms. The van der Waals surface area contributed by atoms with Crippen LogP contribution in [0.15, 0.2) is 103 Å². The first-order valence-electron chi connectivity index (χ1n) is 20.9. The number of benzene rings is 4. The molecule has 1 fully saturated rings. The number of nitrogens with one attached hydrogen (secondary N) is 6. The molecule has 2 atom stereocenters. The van der Waals surface area contributed by atoms with Gasteiger partial charge in [-0.25, -0.2) is 17.9 Å². The van der Waals surface area contributed by atoms with Gasteiger partial charge in [0.25, 0.3) is 0 Å². The average molecular weight is 936 g/mol. The molecule has 0 spiro atoms. The first kappa shape index (κ1) is 50.3. The number of piperazine rings is 1. The number of amides is 4. The molecule has 4 aromatic carbocycles. The Labute approximate surface area is 379 Å². The molecule has 9 rings (SSSR count). The van der Waals surface area contributed by atoms with Gasteiger partial charge in [-0.2, -0.15) is 13.2 Å². The summed E-state index contributed by atoms with van der Waals surface area (Å²) < 4.78 is 61.4. The predicted octanol–water partition coefficient (Wildman–Crippen LogP) is 2.97. The van der Waals surface area contributed by atoms with Gasteiger partial charge in [-0.05, 0) is 52.9 Å². The molecular weight excluding hydrogens is 884 g/mol. The second-order valence-corrected chi connectivity index (χ2v) is 17.4. The normalized spacial score (nSPS) is 19.9. The number of anilines is 2. The highest BCUT2D eigenvalue weighted by Gasteiger charge is 2.38. The van der Waals surface area contributed by atoms with Crippen LogP contribution in [0, 0.1) is 5.41 Å². The van der Waals surface area contributed by atoms with Gasteiger partial charge in [0.1, 0.15) is 17.9 Å². The summed E-state index contributed by atoms with van der Waals surface area (Å²) in [4.78, 5) is 67.2. The lowest BCUT2D eigenvalue weighted by molar-refractivity contribution is -0.192. The lowest BCUT2D eigenvalue weighted by Gasteiger charge is -2.34. The SMILES string of the molecule is N=C(N)c1ccc(CNC(=O)[C@@H]2Cc3ccc(cc3)NC(=O)CCN3CCN(CCC(=O)Nc4ccc(cc4)C[C@@H](NS(=O)(=O)Cc4ccccc4)C(=O)N2)CC3)cc1.O=C(O)C(F)(F)F. The number of aliphatic carboxylic acids is 1. The summed E-state index contributed by atoms with van der Waals surface area (Å²) in [7, 11) is -4.06. The van der Waals surface area contributed by atoms with E-state index in [1.54, 1.807) is 103 Å². The molecule has 5 aliphatic rings. The maximum Gasteiger partial charge on any atom is 0.490 e. The number of rotatable bonds is 8. The summed E-state index contributed by atoms with van der Waals surface area (Å²) in [5.74, 6) is -4.70. The molecule has 1 saturated heterocycles. The van der Waals surface area contributed by atoms with Crippen LogP contribution in [0.1, 0.15) is 40.7 Å². The minimum Gasteiger partial charge on any atom is -0.475 e. The average Bonchev–Trinajstić information content (AvgIpc) is 3.27. The number of fused-ring (bicyclic) bond motifs is 3. The molecule has 0 aromatic heterocycles. The Morgan fingerprint density at radius 1 is 0.727 bits per heavy atom. The smallest absolute Gasteiger partial charge is 0.475 e. The lowest BCUT2D eigenvalue weighted by atomic mass is 10.0. The number of nitrogen functional groups attached to an aromatic ring is 1. The van der Waals surface area contributed by atoms with Gasteiger partial charge in [0.05, 0.1) is 5.75 Å². The Hall–Kier alpha value is -6.68. The van der Waals surface area contributed by atoms with E-state index in [9.17, 15) is 40.8 Å². The van der Waals surface area contributed by atoms with Gasteiger partial charge in [-0.3, -0.25) is 24.6 Å². The third-order valence-corrected chi connectivity index (χ3v) is 11.9. The number of nitrogens with two attached hydrogens (primary N) is 1. The Morgan fingerprint density at radius 3 is 1.68 bits per heavy atom. The molecule has 0 radical (unpaired) electrons. The van der Waals surface area contributed by atoms with Gasteiger partial charge in [-0.1, -0.05) is 78.9 Å². The number of carboxylic acids is 1. The Balaban J connectivity index is 0.00000108. The number of carbonyl (C=O) groups excluding carboxylic acids is 4. The van der Waals surface area contributed by atoms with Crippen molar-refractivity contribution in [3.63, 3.8) is 0 Å². The van der Waals surface area contributed by atoms with E-state index in [4.69, 9.17) is 21.0 Å². The topological polar surface area (TPSA) is 256 Å². The third-order valence-electron chi connectivity index (χ3n) is 10.6. The standard InChI is InChI=1S/C43H51N9O6S.C2HF3O2/c44-41(45)34-12-6-32(7-13-34)28-46-42(55)37-26-30-8-14-35(15-9-30)47-39(53)18-20-51-22-24-52(25-23-51)21-19-40(54)48-36-16-10-31(11-17-36)27-38(43(56)49-37)50-59(57,58)29-33-4-2-1-3-5-33;3-2(4,5)1(6)7/h1-17,37-38,50H,18-29H2,(H3,44,45)(H,46,55)(H,47,53)(H,48,54)(H,49,56);(H,6,7)/t37-,38+;/m0./s1. The fourth-order valence-corrected chi connectivity index (χ4v) is 8.30. The summed E-state index contributed by atoms with van der Waals surface area (Å²) in [6.45, 7) is 4.50. The molecule has 0 saturated carbocycles. The number of hydrogen-bond donors (Lipinski definition) is 8. The van der Waals surface area contributed by atoms with Gasteiger partial charge in [0, 0.05) is 82.0 Å². The minimum atomic E-state index is -5.08. The van der Waals surface area contributed by atoms with E-state index in [1.165, 1.54) is 0 Å². The van der Waals surface area contributed by atoms with Gasteiger partial charge in [0.2, 0.25) is 33.7 Å². The van der Waals surface area contributed by atoms with Gasteiger partial charge < -0.3 is 41.9 Å². The number of halogens is 3. The number of carboxylic acid groups (broad SMARTS) is 1. The van der Waals surface area contributed by atoms with E-state index in [0.29, 0.717) is 59.6 Å². The van der Waals surface area contributed by atoms with Gasteiger partial charge in [-0.15, -0.1) is 0 Å². The number of hydrogen-bond acceptors (Lipinski definition) is 10. The molecule has 5 heterocycles. The highest BCUT2D eigenvalue weighted by atomic mass is 32.2. The highest BCUT2D eigenvalue weighted by Crippen LogP contribution is 2.17. The van der Waals surface area contributed by atoms with Crippen molar-refractivity contribution in [1.82, 2.24) is 25.2 Å². The molecule has 5 aliphatic heterocycles. The molecule has 4 aromatic rings. The molecule has 352 valence electrons. The van der Waals surface area contributed by atoms with Crippen molar-refractivity contribution < 1.29 is 50.7 Å². The summed E-state index contributed by atoms with van der Waals surface area (Å²) in [5, 5.41) is 26.3. The third kappa shape index (κ3) is 16.7. The van der Waals surface area contributed by atoms with Crippen molar-refractivity contribution in [2.24, 2.45) is 5.73 Å². The Morgan fingerprint density at radius 2 is 1.21 bits per heavy atom. The van der Waals surface area contributed by atoms with E-state index in [1.807, 2.05) is 0 Å². The maximum absolute atomic E-state index is 14.2. The lowest BCUT2D eigenvalue weighted by Crippen LogP contribution is -2.55. The number of nitrogens with zero attached hydrogens (tertiary/aromatic N) is 2. The fraction of sp³-hybridized carbons (Fsp3) is 0.333. The molecule has 17 nitrogen and oxygen atoms in total. The molecule has 0 unspecified atom stereocenters. The van der Waals surface area contributed by atoms with Crippen molar-refractivity contribution in [1.29, 1.82) is 5.41 Å². The van der Waals surface area contributed by atoms with Crippen LogP contribution in [-0.4, -0.2) is 116 Å². The monoisotopic (exact) mass is 935 g/mol. The summed E-state index contributed by atoms with van der Waals surface area (Å²) in [6.07, 6.45) is -4.47. The molecule has 4 amide bonds. The first-order valence-corrected chi connectivity index (χ1v) is 22.5. The van der Waals surface area contributed by atoms with Gasteiger partial charge in [0.15, 0.2) is 0 Å². The number of amidine groups is 1. The number of alkyl halides is 3. The van der Waals surface area contributed by atoms with Crippen molar-refractivity contribution in [2.45, 2.75) is 56.2 Å². The second kappa shape index (κ2) is 23.5. The molecule has 9 N–H and O–H groups in total. The number of carbonyl (C=O) groups is 5. The zero-order valence-corrected chi connectivity index (χ0v) is 36.6. The van der Waals surface area contributed by atoms with E-state index in [-0.39, 0.29) is 42.8 Å². The molecule has 66 heavy (non-hydrogen) atoms. The van der Waals surface area contributed by atoms with Crippen molar-refractivity contribution in [3.05, 3.63) is 131 Å². The van der Waals surface area contributed by atoms with Crippen LogP contribution in [0.25, 0.3) is 0 Å². The zero-order valence-electron chi connectivity index (χ0n) is 35.8.